The summed E-state index contributed by atoms with van der Waals surface area (Å²) in [5.74, 6) is -0.740. The van der Waals surface area contributed by atoms with Crippen LogP contribution < -0.4 is 0 Å². The molecule has 0 aromatic carbocycles. The van der Waals surface area contributed by atoms with Crippen molar-refractivity contribution in [2.24, 2.45) is 0 Å². The van der Waals surface area contributed by atoms with Gasteiger partial charge in [-0.15, -0.1) is 0 Å². The summed E-state index contributed by atoms with van der Waals surface area (Å²) >= 11 is 0. The van der Waals surface area contributed by atoms with E-state index in [1.165, 1.54) is 6.92 Å². The molecule has 0 saturated carbocycles. The number of hydrogen-bond acceptors (Lipinski definition) is 3. The molecule has 15 heavy (non-hydrogen) atoms. The maximum atomic E-state index is 11.6. The van der Waals surface area contributed by atoms with E-state index < -0.39 is 0 Å². The quantitative estimate of drug-likeness (QED) is 0.650. The summed E-state index contributed by atoms with van der Waals surface area (Å²) in [4.78, 5) is 24.7. The fraction of sp³-hybridized carbons (Fsp3) is 0.500. The van der Waals surface area contributed by atoms with Crippen molar-refractivity contribution < 1.29 is 9.59 Å². The second-order valence-electron chi connectivity index (χ2n) is 4.05. The Kier molecular flexibility index (Phi) is 3.12. The first-order valence-electron chi connectivity index (χ1n) is 5.01. The number of nitrogens with zero attached hydrogens (tertiary/aromatic N) is 1. The van der Waals surface area contributed by atoms with Crippen LogP contribution in [0.15, 0.2) is 22.5 Å². The van der Waals surface area contributed by atoms with Crippen molar-refractivity contribution in [3.05, 3.63) is 22.5 Å². The number of rotatable bonds is 2. The van der Waals surface area contributed by atoms with Crippen molar-refractivity contribution in [3.8, 4) is 0 Å². The fourth-order valence-corrected chi connectivity index (χ4v) is 1.72. The number of carbonyl (C=O) groups excluding carboxylic acids is 2. The summed E-state index contributed by atoms with van der Waals surface area (Å²) in [7, 11) is 1.92. The van der Waals surface area contributed by atoms with Crippen molar-refractivity contribution in [1.82, 2.24) is 4.90 Å². The predicted molar refractivity (Wildman–Crippen MR) is 59.1 cm³/mol. The lowest BCUT2D eigenvalue weighted by Crippen LogP contribution is -2.26. The minimum atomic E-state index is -0.384. The van der Waals surface area contributed by atoms with E-state index in [0.29, 0.717) is 12.0 Å². The van der Waals surface area contributed by atoms with Crippen LogP contribution in [0.5, 0.6) is 0 Å². The highest BCUT2D eigenvalue weighted by Crippen LogP contribution is 2.29. The SMILES string of the molecule is CC(=O)C(=O)C1=C(C)N(C)C(C)=C(C)C1. The molecule has 0 aromatic heterocycles. The third-order valence-corrected chi connectivity index (χ3v) is 3.10. The molecule has 3 nitrogen and oxygen atoms in total. The summed E-state index contributed by atoms with van der Waals surface area (Å²) in [5.41, 5.74) is 3.83. The zero-order chi connectivity index (χ0) is 11.7. The Balaban J connectivity index is 3.12. The average Bonchev–Trinajstić information content (AvgIpc) is 2.19. The van der Waals surface area contributed by atoms with Crippen molar-refractivity contribution in [3.63, 3.8) is 0 Å². The van der Waals surface area contributed by atoms with Crippen LogP contribution in [0.1, 0.15) is 34.1 Å². The first kappa shape index (κ1) is 11.7. The van der Waals surface area contributed by atoms with Crippen LogP contribution in [0.4, 0.5) is 0 Å². The van der Waals surface area contributed by atoms with Gasteiger partial charge in [-0.2, -0.15) is 0 Å². The normalized spacial score (nSPS) is 17.3. The number of carbonyl (C=O) groups is 2. The minimum Gasteiger partial charge on any atom is -0.352 e. The van der Waals surface area contributed by atoms with Gasteiger partial charge in [0.1, 0.15) is 0 Å². The molecular weight excluding hydrogens is 190 g/mol. The van der Waals surface area contributed by atoms with Gasteiger partial charge in [-0.1, -0.05) is 0 Å². The molecule has 0 saturated heterocycles. The van der Waals surface area contributed by atoms with Crippen LogP contribution in [0.25, 0.3) is 0 Å². The molecule has 0 N–H and O–H groups in total. The second-order valence-corrected chi connectivity index (χ2v) is 4.05. The Hall–Kier alpha value is -1.38. The third kappa shape index (κ3) is 2.01. The maximum absolute atomic E-state index is 11.6. The van der Waals surface area contributed by atoms with E-state index in [4.69, 9.17) is 0 Å². The zero-order valence-electron chi connectivity index (χ0n) is 9.97. The van der Waals surface area contributed by atoms with Crippen molar-refractivity contribution in [2.75, 3.05) is 7.05 Å². The number of allylic oxidation sites excluding steroid dienone is 4. The molecule has 1 aliphatic heterocycles. The summed E-state index contributed by atoms with van der Waals surface area (Å²) < 4.78 is 0. The van der Waals surface area contributed by atoms with Crippen LogP contribution in [0.3, 0.4) is 0 Å². The van der Waals surface area contributed by atoms with Crippen molar-refractivity contribution in [1.29, 1.82) is 0 Å². The highest BCUT2D eigenvalue weighted by Gasteiger charge is 2.24. The third-order valence-electron chi connectivity index (χ3n) is 3.10. The lowest BCUT2D eigenvalue weighted by Gasteiger charge is -2.30. The van der Waals surface area contributed by atoms with E-state index in [2.05, 4.69) is 0 Å². The van der Waals surface area contributed by atoms with Gasteiger partial charge in [0.2, 0.25) is 5.78 Å². The van der Waals surface area contributed by atoms with Gasteiger partial charge in [0.05, 0.1) is 0 Å². The Morgan fingerprint density at radius 3 is 2.13 bits per heavy atom. The summed E-state index contributed by atoms with van der Waals surface area (Å²) in [6.45, 7) is 7.22. The Labute approximate surface area is 90.5 Å². The molecule has 3 heteroatoms. The van der Waals surface area contributed by atoms with Gasteiger partial charge >= 0.3 is 0 Å². The largest absolute Gasteiger partial charge is 0.352 e. The van der Waals surface area contributed by atoms with Crippen LogP contribution >= 0.6 is 0 Å². The molecule has 0 bridgehead atoms. The Morgan fingerprint density at radius 1 is 1.13 bits per heavy atom. The Bertz CT molecular complexity index is 388. The van der Waals surface area contributed by atoms with Gasteiger partial charge in [-0.3, -0.25) is 9.59 Å². The molecule has 1 heterocycles. The smallest absolute Gasteiger partial charge is 0.226 e. The van der Waals surface area contributed by atoms with Gasteiger partial charge in [0, 0.05) is 37.4 Å². The predicted octanol–water partition coefficient (Wildman–Crippen LogP) is 2.05. The lowest BCUT2D eigenvalue weighted by molar-refractivity contribution is -0.133. The molecule has 1 rings (SSSR count). The lowest BCUT2D eigenvalue weighted by atomic mass is 9.94. The second kappa shape index (κ2) is 4.01. The molecule has 82 valence electrons. The average molecular weight is 207 g/mol. The molecule has 0 spiro atoms. The molecule has 0 unspecified atom stereocenters. The van der Waals surface area contributed by atoms with Gasteiger partial charge in [-0.25, -0.2) is 0 Å². The van der Waals surface area contributed by atoms with E-state index in [0.717, 1.165) is 17.0 Å². The topological polar surface area (TPSA) is 37.4 Å². The highest BCUT2D eigenvalue weighted by atomic mass is 16.2. The van der Waals surface area contributed by atoms with Crippen LogP contribution in [-0.2, 0) is 9.59 Å². The molecule has 0 atom stereocenters. The van der Waals surface area contributed by atoms with E-state index in [-0.39, 0.29) is 11.6 Å². The molecular formula is C12H17NO2. The minimum absolute atomic E-state index is 0.355. The van der Waals surface area contributed by atoms with Gasteiger partial charge < -0.3 is 4.90 Å². The first-order chi connectivity index (χ1) is 6.86. The van der Waals surface area contributed by atoms with Crippen molar-refractivity contribution >= 4 is 11.6 Å². The summed E-state index contributed by atoms with van der Waals surface area (Å²) in [6.07, 6.45) is 0.598. The van der Waals surface area contributed by atoms with Gasteiger partial charge in [-0.05, 0) is 26.3 Å². The van der Waals surface area contributed by atoms with E-state index in [1.54, 1.807) is 0 Å². The van der Waals surface area contributed by atoms with Crippen molar-refractivity contribution in [2.45, 2.75) is 34.1 Å². The number of hydrogen-bond donors (Lipinski definition) is 0. The van der Waals surface area contributed by atoms with Gasteiger partial charge in [0.15, 0.2) is 5.78 Å². The van der Waals surface area contributed by atoms with Crippen LogP contribution in [0.2, 0.25) is 0 Å². The number of ketones is 2. The van der Waals surface area contributed by atoms with E-state index >= 15 is 0 Å². The zero-order valence-corrected chi connectivity index (χ0v) is 9.97. The van der Waals surface area contributed by atoms with E-state index in [9.17, 15) is 9.59 Å². The fourth-order valence-electron chi connectivity index (χ4n) is 1.72. The first-order valence-corrected chi connectivity index (χ1v) is 5.01. The van der Waals surface area contributed by atoms with Crippen LogP contribution in [0, 0.1) is 0 Å². The standard InChI is InChI=1S/C12H17NO2/c1-7-6-11(12(15)10(4)14)9(3)13(5)8(7)2/h6H2,1-5H3. The molecule has 0 aromatic rings. The summed E-state index contributed by atoms with van der Waals surface area (Å²) in [5, 5.41) is 0. The molecule has 0 fully saturated rings. The number of Topliss-reactive ketones (excluding diaryl/α,β-unsaturated/α-hetero) is 2. The van der Waals surface area contributed by atoms with Crippen LogP contribution in [-0.4, -0.2) is 23.5 Å². The maximum Gasteiger partial charge on any atom is 0.226 e. The highest BCUT2D eigenvalue weighted by molar-refractivity contribution is 6.42. The molecule has 0 radical (unpaired) electrons. The molecule has 1 aliphatic rings. The molecule has 0 aliphatic carbocycles. The monoisotopic (exact) mass is 207 g/mol. The Morgan fingerprint density at radius 2 is 1.67 bits per heavy atom. The molecule has 0 amide bonds. The van der Waals surface area contributed by atoms with Gasteiger partial charge in [0.25, 0.3) is 0 Å². The van der Waals surface area contributed by atoms with E-state index in [1.807, 2.05) is 32.7 Å². The summed E-state index contributed by atoms with van der Waals surface area (Å²) in [6, 6.07) is 0.